The average Bonchev–Trinajstić information content (AvgIpc) is 2.13. The lowest BCUT2D eigenvalue weighted by atomic mass is 10.2. The Balaban J connectivity index is 2.40. The van der Waals surface area contributed by atoms with Gasteiger partial charge in [-0.3, -0.25) is 4.79 Å². The van der Waals surface area contributed by atoms with Gasteiger partial charge in [-0.2, -0.15) is 0 Å². The Bertz CT molecular complexity index is 197. The third-order valence-corrected chi connectivity index (χ3v) is 1.24. The fraction of sp³-hybridized carbons (Fsp3) is 0.333. The highest BCUT2D eigenvalue weighted by Gasteiger charge is 2.16. The molecule has 2 N–H and O–H groups in total. The second kappa shape index (κ2) is 2.51. The van der Waals surface area contributed by atoms with Gasteiger partial charge in [0.15, 0.2) is 5.78 Å². The van der Waals surface area contributed by atoms with E-state index in [0.717, 1.165) is 0 Å². The van der Waals surface area contributed by atoms with Gasteiger partial charge in [-0.05, 0) is 6.08 Å². The first-order valence-electron chi connectivity index (χ1n) is 2.89. The van der Waals surface area contributed by atoms with E-state index in [2.05, 4.69) is 5.32 Å². The van der Waals surface area contributed by atoms with Crippen molar-refractivity contribution < 1.29 is 14.7 Å². The van der Waals surface area contributed by atoms with Gasteiger partial charge in [0.2, 0.25) is 0 Å². The molecule has 0 aliphatic heterocycles. The third-order valence-electron chi connectivity index (χ3n) is 1.24. The number of rotatable bonds is 1. The first kappa shape index (κ1) is 6.80. The van der Waals surface area contributed by atoms with Crippen molar-refractivity contribution in [2.75, 3.05) is 0 Å². The summed E-state index contributed by atoms with van der Waals surface area (Å²) in [6, 6.07) is -0.315. The van der Waals surface area contributed by atoms with Crippen LogP contribution >= 0.6 is 0 Å². The van der Waals surface area contributed by atoms with E-state index in [9.17, 15) is 9.59 Å². The Kier molecular flexibility index (Phi) is 1.71. The zero-order valence-corrected chi connectivity index (χ0v) is 5.20. The summed E-state index contributed by atoms with van der Waals surface area (Å²) in [7, 11) is 0. The zero-order valence-electron chi connectivity index (χ0n) is 5.20. The molecule has 0 radical (unpaired) electrons. The van der Waals surface area contributed by atoms with Crippen LogP contribution in [0.4, 0.5) is 4.79 Å². The van der Waals surface area contributed by atoms with Crippen LogP contribution in [0.25, 0.3) is 0 Å². The van der Waals surface area contributed by atoms with Crippen LogP contribution in [-0.4, -0.2) is 23.0 Å². The van der Waals surface area contributed by atoms with Crippen molar-refractivity contribution in [1.82, 2.24) is 5.32 Å². The number of ketones is 1. The molecule has 0 aromatic rings. The molecule has 54 valence electrons. The molecule has 1 amide bonds. The highest BCUT2D eigenvalue weighted by molar-refractivity contribution is 5.93. The van der Waals surface area contributed by atoms with Gasteiger partial charge < -0.3 is 10.4 Å². The predicted octanol–water partition coefficient (Wildman–Crippen LogP) is 0.152. The molecule has 0 unspecified atom stereocenters. The van der Waals surface area contributed by atoms with Gasteiger partial charge in [0.25, 0.3) is 0 Å². The summed E-state index contributed by atoms with van der Waals surface area (Å²) < 4.78 is 0. The Morgan fingerprint density at radius 3 is 2.90 bits per heavy atom. The summed E-state index contributed by atoms with van der Waals surface area (Å²) in [5, 5.41) is 10.4. The van der Waals surface area contributed by atoms with E-state index >= 15 is 0 Å². The molecule has 0 saturated heterocycles. The van der Waals surface area contributed by atoms with Gasteiger partial charge in [0.1, 0.15) is 0 Å². The smallest absolute Gasteiger partial charge is 0.405 e. The van der Waals surface area contributed by atoms with Crippen LogP contribution < -0.4 is 5.32 Å². The number of carboxylic acid groups (broad SMARTS) is 1. The summed E-state index contributed by atoms with van der Waals surface area (Å²) in [5.74, 6) is -0.0289. The minimum absolute atomic E-state index is 0.0289. The minimum atomic E-state index is -1.09. The highest BCUT2D eigenvalue weighted by atomic mass is 16.4. The maximum Gasteiger partial charge on any atom is 0.405 e. The Morgan fingerprint density at radius 2 is 2.50 bits per heavy atom. The molecule has 0 aromatic heterocycles. The minimum Gasteiger partial charge on any atom is -0.465 e. The quantitative estimate of drug-likeness (QED) is 0.546. The van der Waals surface area contributed by atoms with E-state index in [0.29, 0.717) is 0 Å². The zero-order chi connectivity index (χ0) is 7.56. The monoisotopic (exact) mass is 141 g/mol. The fourth-order valence-electron chi connectivity index (χ4n) is 0.834. The van der Waals surface area contributed by atoms with Crippen molar-refractivity contribution >= 4 is 11.9 Å². The van der Waals surface area contributed by atoms with Crippen molar-refractivity contribution in [3.8, 4) is 0 Å². The molecular formula is C6H7NO3. The molecule has 10 heavy (non-hydrogen) atoms. The topological polar surface area (TPSA) is 66.4 Å². The van der Waals surface area contributed by atoms with Gasteiger partial charge in [-0.25, -0.2) is 4.79 Å². The lowest BCUT2D eigenvalue weighted by Crippen LogP contribution is -2.31. The summed E-state index contributed by atoms with van der Waals surface area (Å²) in [5.41, 5.74) is 0. The molecule has 1 aliphatic carbocycles. The molecule has 0 heterocycles. The number of amides is 1. The number of hydrogen-bond donors (Lipinski definition) is 2. The Hall–Kier alpha value is -1.32. The summed E-state index contributed by atoms with van der Waals surface area (Å²) in [6.07, 6.45) is 2.10. The molecule has 0 bridgehead atoms. The SMILES string of the molecule is O=C1C=C[C@H](NC(=O)O)C1. The van der Waals surface area contributed by atoms with Crippen molar-refractivity contribution in [2.45, 2.75) is 12.5 Å². The predicted molar refractivity (Wildman–Crippen MR) is 33.7 cm³/mol. The molecule has 1 rings (SSSR count). The van der Waals surface area contributed by atoms with E-state index in [-0.39, 0.29) is 18.2 Å². The lowest BCUT2D eigenvalue weighted by Gasteiger charge is -2.03. The molecule has 0 saturated carbocycles. The van der Waals surface area contributed by atoms with Crippen LogP contribution in [0.5, 0.6) is 0 Å². The van der Waals surface area contributed by atoms with Crippen LogP contribution in [0.1, 0.15) is 6.42 Å². The number of carbonyl (C=O) groups excluding carboxylic acids is 1. The lowest BCUT2D eigenvalue weighted by molar-refractivity contribution is -0.114. The van der Waals surface area contributed by atoms with Crippen molar-refractivity contribution in [3.63, 3.8) is 0 Å². The standard InChI is InChI=1S/C6H7NO3/c8-5-2-1-4(3-5)7-6(9)10/h1-2,4,7H,3H2,(H,9,10)/t4-/m0/s1. The average molecular weight is 141 g/mol. The van der Waals surface area contributed by atoms with Gasteiger partial charge in [0, 0.05) is 6.42 Å². The number of hydrogen-bond acceptors (Lipinski definition) is 2. The molecule has 1 atom stereocenters. The first-order chi connectivity index (χ1) is 4.68. The van der Waals surface area contributed by atoms with Crippen molar-refractivity contribution in [1.29, 1.82) is 0 Å². The van der Waals surface area contributed by atoms with Crippen LogP contribution in [0.15, 0.2) is 12.2 Å². The second-order valence-electron chi connectivity index (χ2n) is 2.09. The largest absolute Gasteiger partial charge is 0.465 e. The van der Waals surface area contributed by atoms with Gasteiger partial charge >= 0.3 is 6.09 Å². The van der Waals surface area contributed by atoms with E-state index in [1.807, 2.05) is 0 Å². The molecule has 4 nitrogen and oxygen atoms in total. The summed E-state index contributed by atoms with van der Waals surface area (Å²) in [6.45, 7) is 0. The molecular weight excluding hydrogens is 134 g/mol. The Morgan fingerprint density at radius 1 is 1.80 bits per heavy atom. The van der Waals surface area contributed by atoms with Crippen LogP contribution in [0.2, 0.25) is 0 Å². The van der Waals surface area contributed by atoms with Gasteiger partial charge in [0.05, 0.1) is 6.04 Å². The van der Waals surface area contributed by atoms with E-state index in [4.69, 9.17) is 5.11 Å². The van der Waals surface area contributed by atoms with Crippen LogP contribution in [0, 0.1) is 0 Å². The number of carbonyl (C=O) groups is 2. The number of allylic oxidation sites excluding steroid dienone is 1. The number of nitrogens with one attached hydrogen (secondary N) is 1. The fourth-order valence-corrected chi connectivity index (χ4v) is 0.834. The highest BCUT2D eigenvalue weighted by Crippen LogP contribution is 2.04. The van der Waals surface area contributed by atoms with Crippen LogP contribution in [-0.2, 0) is 4.79 Å². The van der Waals surface area contributed by atoms with Crippen molar-refractivity contribution in [2.24, 2.45) is 0 Å². The maximum atomic E-state index is 10.5. The van der Waals surface area contributed by atoms with E-state index in [1.54, 1.807) is 6.08 Å². The van der Waals surface area contributed by atoms with E-state index in [1.165, 1.54) is 6.08 Å². The molecule has 1 aliphatic rings. The second-order valence-corrected chi connectivity index (χ2v) is 2.09. The third kappa shape index (κ3) is 1.58. The summed E-state index contributed by atoms with van der Waals surface area (Å²) >= 11 is 0. The van der Waals surface area contributed by atoms with Crippen molar-refractivity contribution in [3.05, 3.63) is 12.2 Å². The molecule has 4 heteroatoms. The first-order valence-corrected chi connectivity index (χ1v) is 2.89. The molecule has 0 aromatic carbocycles. The normalized spacial score (nSPS) is 23.2. The molecule has 0 spiro atoms. The molecule has 0 fully saturated rings. The van der Waals surface area contributed by atoms with Gasteiger partial charge in [-0.15, -0.1) is 0 Å². The van der Waals surface area contributed by atoms with E-state index < -0.39 is 6.09 Å². The maximum absolute atomic E-state index is 10.5. The van der Waals surface area contributed by atoms with Gasteiger partial charge in [-0.1, -0.05) is 6.08 Å². The Labute approximate surface area is 57.5 Å². The van der Waals surface area contributed by atoms with Crippen LogP contribution in [0.3, 0.4) is 0 Å². The summed E-state index contributed by atoms with van der Waals surface area (Å²) in [4.78, 5) is 20.5.